The van der Waals surface area contributed by atoms with Gasteiger partial charge in [0.2, 0.25) is 0 Å². The first-order valence-corrected chi connectivity index (χ1v) is 15.0. The number of carbonyl (C=O) groups is 2. The minimum absolute atomic E-state index is 0.0685. The van der Waals surface area contributed by atoms with Crippen molar-refractivity contribution in [2.24, 2.45) is 0 Å². The second-order valence-electron chi connectivity index (χ2n) is 10.9. The first-order valence-electron chi connectivity index (χ1n) is 14.2. The van der Waals surface area contributed by atoms with Crippen molar-refractivity contribution in [1.82, 2.24) is 30.0 Å². The minimum atomic E-state index is -1.17. The fourth-order valence-electron chi connectivity index (χ4n) is 6.04. The second-order valence-corrected chi connectivity index (χ2v) is 12.0. The maximum atomic E-state index is 13.6. The summed E-state index contributed by atoms with van der Waals surface area (Å²) in [7, 11) is 0. The summed E-state index contributed by atoms with van der Waals surface area (Å²) in [6.45, 7) is 5.71. The van der Waals surface area contributed by atoms with Crippen LogP contribution in [0.15, 0.2) is 48.8 Å². The molecule has 11 nitrogen and oxygen atoms in total. The summed E-state index contributed by atoms with van der Waals surface area (Å²) in [6.07, 6.45) is 6.12. The Hall–Kier alpha value is -4.10. The van der Waals surface area contributed by atoms with Gasteiger partial charge in [-0.3, -0.25) is 14.8 Å². The number of H-pyrrole nitrogens is 2. The summed E-state index contributed by atoms with van der Waals surface area (Å²) in [6, 6.07) is 11.9. The van der Waals surface area contributed by atoms with Crippen LogP contribution in [0.3, 0.4) is 0 Å². The molecule has 7 rings (SSSR count). The van der Waals surface area contributed by atoms with Gasteiger partial charge in [-0.1, -0.05) is 12.1 Å². The van der Waals surface area contributed by atoms with E-state index in [0.717, 1.165) is 77.0 Å². The highest BCUT2D eigenvalue weighted by molar-refractivity contribution is 7.13. The molecule has 42 heavy (non-hydrogen) atoms. The van der Waals surface area contributed by atoms with E-state index in [2.05, 4.69) is 35.3 Å². The third-order valence-corrected chi connectivity index (χ3v) is 9.06. The quantitative estimate of drug-likeness (QED) is 0.210. The van der Waals surface area contributed by atoms with E-state index in [9.17, 15) is 14.7 Å². The molecule has 1 unspecified atom stereocenters. The number of aromatic nitrogens is 4. The number of carbonyl (C=O) groups excluding carboxylic acids is 1. The summed E-state index contributed by atoms with van der Waals surface area (Å²) in [4.78, 5) is 38.1. The van der Waals surface area contributed by atoms with Gasteiger partial charge in [0, 0.05) is 42.1 Å². The fourth-order valence-corrected chi connectivity index (χ4v) is 6.98. The van der Waals surface area contributed by atoms with Crippen molar-refractivity contribution < 1.29 is 19.4 Å². The lowest BCUT2D eigenvalue weighted by Crippen LogP contribution is -2.46. The zero-order valence-corrected chi connectivity index (χ0v) is 23.7. The number of fused-ring (bicyclic) bond motifs is 2. The average molecular weight is 586 g/mol. The van der Waals surface area contributed by atoms with Crippen molar-refractivity contribution in [3.05, 3.63) is 64.4 Å². The Morgan fingerprint density at radius 3 is 2.83 bits per heavy atom. The van der Waals surface area contributed by atoms with E-state index < -0.39 is 11.9 Å². The number of nitrogens with zero attached hydrogens (tertiary/aromatic N) is 4. The molecule has 0 radical (unpaired) electrons. The standard InChI is InChI=1S/C30H31N7O4S/c38-29(33-24-12-18(13-25-22(24)14-32-35-25)20-4-3-5-23-21(20)6-7-31-23)27-28(30(39)40)42-26(34-27)17-37-10-11-41-19(16-37)15-36-8-1-2-9-36/h3-7,12-14,19,31H,1-2,8-11,15-17H2,(H,32,35)(H,33,38)(H,39,40). The molecule has 1 atom stereocenters. The molecule has 12 heteroatoms. The predicted octanol–water partition coefficient (Wildman–Crippen LogP) is 4.41. The highest BCUT2D eigenvalue weighted by atomic mass is 32.1. The number of rotatable bonds is 8. The topological polar surface area (TPSA) is 139 Å². The maximum Gasteiger partial charge on any atom is 0.348 e. The number of hydrogen-bond donors (Lipinski definition) is 4. The van der Waals surface area contributed by atoms with Crippen molar-refractivity contribution in [2.75, 3.05) is 44.6 Å². The number of thiazole rings is 1. The van der Waals surface area contributed by atoms with E-state index in [1.807, 2.05) is 42.6 Å². The average Bonchev–Trinajstić information content (AvgIpc) is 3.80. The molecule has 4 N–H and O–H groups in total. The minimum Gasteiger partial charge on any atom is -0.477 e. The highest BCUT2D eigenvalue weighted by Crippen LogP contribution is 2.34. The number of aromatic carboxylic acids is 1. The van der Waals surface area contributed by atoms with Crippen LogP contribution in [0, 0.1) is 0 Å². The summed E-state index contributed by atoms with van der Waals surface area (Å²) in [5.74, 6) is -1.73. The van der Waals surface area contributed by atoms with Crippen LogP contribution < -0.4 is 5.32 Å². The Morgan fingerprint density at radius 1 is 1.10 bits per heavy atom. The van der Waals surface area contributed by atoms with Gasteiger partial charge >= 0.3 is 5.97 Å². The Morgan fingerprint density at radius 2 is 1.98 bits per heavy atom. The molecule has 3 aromatic heterocycles. The van der Waals surface area contributed by atoms with Crippen molar-refractivity contribution in [3.63, 3.8) is 0 Å². The summed E-state index contributed by atoms with van der Waals surface area (Å²) in [5, 5.41) is 22.4. The Balaban J connectivity index is 1.13. The lowest BCUT2D eigenvalue weighted by molar-refractivity contribution is -0.0434. The molecular formula is C30H31N7O4S. The van der Waals surface area contributed by atoms with Gasteiger partial charge in [-0.05, 0) is 61.3 Å². The summed E-state index contributed by atoms with van der Waals surface area (Å²) >= 11 is 1.06. The molecule has 216 valence electrons. The number of amides is 1. The third-order valence-electron chi connectivity index (χ3n) is 8.04. The van der Waals surface area contributed by atoms with Crippen LogP contribution in [0.5, 0.6) is 0 Å². The van der Waals surface area contributed by atoms with E-state index in [4.69, 9.17) is 4.74 Å². The van der Waals surface area contributed by atoms with Crippen molar-refractivity contribution in [2.45, 2.75) is 25.5 Å². The highest BCUT2D eigenvalue weighted by Gasteiger charge is 2.28. The molecule has 0 spiro atoms. The number of benzene rings is 2. The fraction of sp³-hybridized carbons (Fsp3) is 0.333. The molecule has 1 amide bonds. The van der Waals surface area contributed by atoms with Crippen LogP contribution in [0.4, 0.5) is 5.69 Å². The van der Waals surface area contributed by atoms with Crippen LogP contribution in [-0.2, 0) is 11.3 Å². The van der Waals surface area contributed by atoms with E-state index >= 15 is 0 Å². The van der Waals surface area contributed by atoms with Crippen LogP contribution in [0.1, 0.15) is 38.0 Å². The van der Waals surface area contributed by atoms with E-state index in [1.165, 1.54) is 12.8 Å². The van der Waals surface area contributed by atoms with Gasteiger partial charge < -0.3 is 25.0 Å². The van der Waals surface area contributed by atoms with E-state index in [1.54, 1.807) is 6.20 Å². The van der Waals surface area contributed by atoms with Gasteiger partial charge in [-0.25, -0.2) is 9.78 Å². The number of aromatic amines is 2. The largest absolute Gasteiger partial charge is 0.477 e. The maximum absolute atomic E-state index is 13.6. The van der Waals surface area contributed by atoms with Gasteiger partial charge in [-0.2, -0.15) is 5.10 Å². The van der Waals surface area contributed by atoms with Crippen LogP contribution in [0.25, 0.3) is 32.9 Å². The number of likely N-dealkylation sites (tertiary alicyclic amines) is 1. The van der Waals surface area contributed by atoms with Gasteiger partial charge in [0.25, 0.3) is 5.91 Å². The molecule has 2 aliphatic rings. The number of hydrogen-bond acceptors (Lipinski definition) is 8. The van der Waals surface area contributed by atoms with E-state index in [0.29, 0.717) is 23.8 Å². The monoisotopic (exact) mass is 585 g/mol. The number of carboxylic acids is 1. The zero-order valence-electron chi connectivity index (χ0n) is 22.9. The molecule has 0 bridgehead atoms. The first kappa shape index (κ1) is 26.8. The lowest BCUT2D eigenvalue weighted by Gasteiger charge is -2.34. The lowest BCUT2D eigenvalue weighted by atomic mass is 9.99. The molecule has 5 heterocycles. The van der Waals surface area contributed by atoms with E-state index in [-0.39, 0.29) is 16.7 Å². The van der Waals surface area contributed by atoms with Gasteiger partial charge in [0.1, 0.15) is 9.88 Å². The molecular weight excluding hydrogens is 554 g/mol. The molecule has 2 fully saturated rings. The number of morpholine rings is 1. The first-order chi connectivity index (χ1) is 20.5. The van der Waals surface area contributed by atoms with Gasteiger partial charge in [0.15, 0.2) is 5.69 Å². The molecule has 0 aliphatic carbocycles. The normalized spacial score (nSPS) is 18.2. The Bertz CT molecular complexity index is 1770. The van der Waals surface area contributed by atoms with Crippen LogP contribution >= 0.6 is 11.3 Å². The molecule has 2 aromatic carbocycles. The number of carboxylic acid groups (broad SMARTS) is 1. The third kappa shape index (κ3) is 5.29. The Kier molecular flexibility index (Phi) is 7.20. The SMILES string of the molecule is O=C(Nc1cc(-c2cccc3[nH]ccc23)cc2[nH]ncc12)c1nc(CN2CCOC(CN3CCCC3)C2)sc1C(=O)O. The Labute approximate surface area is 245 Å². The van der Waals surface area contributed by atoms with Gasteiger partial charge in [-0.15, -0.1) is 11.3 Å². The second kappa shape index (κ2) is 11.3. The molecule has 5 aromatic rings. The zero-order chi connectivity index (χ0) is 28.6. The molecule has 2 saturated heterocycles. The van der Waals surface area contributed by atoms with Crippen molar-refractivity contribution >= 4 is 50.7 Å². The number of nitrogens with one attached hydrogen (secondary N) is 3. The smallest absolute Gasteiger partial charge is 0.348 e. The van der Waals surface area contributed by atoms with Crippen molar-refractivity contribution in [1.29, 1.82) is 0 Å². The van der Waals surface area contributed by atoms with Gasteiger partial charge in [0.05, 0.1) is 36.7 Å². The molecule has 2 aliphatic heterocycles. The van der Waals surface area contributed by atoms with Crippen molar-refractivity contribution in [3.8, 4) is 11.1 Å². The summed E-state index contributed by atoms with van der Waals surface area (Å²) in [5.41, 5.74) is 4.09. The number of ether oxygens (including phenoxy) is 1. The van der Waals surface area contributed by atoms with Crippen LogP contribution in [-0.4, -0.2) is 92.4 Å². The number of anilines is 1. The predicted molar refractivity (Wildman–Crippen MR) is 161 cm³/mol. The van der Waals surface area contributed by atoms with Crippen LogP contribution in [0.2, 0.25) is 0 Å². The molecule has 0 saturated carbocycles. The summed E-state index contributed by atoms with van der Waals surface area (Å²) < 4.78 is 6.00.